The Labute approximate surface area is 113 Å². The molecule has 0 aliphatic heterocycles. The molecule has 98 valence electrons. The molecule has 19 heavy (non-hydrogen) atoms. The average molecular weight is 255 g/mol. The van der Waals surface area contributed by atoms with Gasteiger partial charge in [-0.2, -0.15) is 0 Å². The van der Waals surface area contributed by atoms with Gasteiger partial charge < -0.3 is 0 Å². The van der Waals surface area contributed by atoms with Crippen LogP contribution in [0.15, 0.2) is 48.5 Å². The van der Waals surface area contributed by atoms with Gasteiger partial charge in [0.25, 0.3) is 5.69 Å². The summed E-state index contributed by atoms with van der Waals surface area (Å²) in [7, 11) is 0. The fourth-order valence-corrected chi connectivity index (χ4v) is 2.04. The monoisotopic (exact) mass is 255 g/mol. The lowest BCUT2D eigenvalue weighted by molar-refractivity contribution is -0.384. The summed E-state index contributed by atoms with van der Waals surface area (Å²) in [5, 5.41) is 10.8. The summed E-state index contributed by atoms with van der Waals surface area (Å²) in [5.41, 5.74) is 3.32. The summed E-state index contributed by atoms with van der Waals surface area (Å²) >= 11 is 0. The second kappa shape index (κ2) is 5.65. The lowest BCUT2D eigenvalue weighted by atomic mass is 9.96. The van der Waals surface area contributed by atoms with Gasteiger partial charge in [0.15, 0.2) is 0 Å². The number of nitro groups is 1. The molecule has 0 aliphatic carbocycles. The lowest BCUT2D eigenvalue weighted by Crippen LogP contribution is -1.91. The van der Waals surface area contributed by atoms with Gasteiger partial charge in [0, 0.05) is 12.1 Å². The van der Waals surface area contributed by atoms with Crippen molar-refractivity contribution in [1.82, 2.24) is 0 Å². The molecule has 2 aromatic carbocycles. The van der Waals surface area contributed by atoms with Gasteiger partial charge in [0.2, 0.25) is 0 Å². The van der Waals surface area contributed by atoms with Crippen molar-refractivity contribution < 1.29 is 4.92 Å². The van der Waals surface area contributed by atoms with E-state index < -0.39 is 0 Å². The SMILES string of the molecule is CCC(C)c1ccc(-c2cccc([N+](=O)[O-])c2)cc1. The maximum Gasteiger partial charge on any atom is 0.270 e. The molecular formula is C16H17NO2. The van der Waals surface area contributed by atoms with Gasteiger partial charge in [-0.3, -0.25) is 10.1 Å². The molecule has 2 aromatic rings. The molecule has 0 saturated heterocycles. The van der Waals surface area contributed by atoms with E-state index in [2.05, 4.69) is 26.0 Å². The Morgan fingerprint density at radius 1 is 1.11 bits per heavy atom. The van der Waals surface area contributed by atoms with Crippen LogP contribution in [-0.2, 0) is 0 Å². The minimum absolute atomic E-state index is 0.128. The van der Waals surface area contributed by atoms with E-state index in [4.69, 9.17) is 0 Å². The molecule has 0 radical (unpaired) electrons. The van der Waals surface area contributed by atoms with Gasteiger partial charge in [-0.1, -0.05) is 50.2 Å². The largest absolute Gasteiger partial charge is 0.270 e. The summed E-state index contributed by atoms with van der Waals surface area (Å²) in [5.74, 6) is 0.541. The van der Waals surface area contributed by atoms with Crippen LogP contribution in [0, 0.1) is 10.1 Å². The van der Waals surface area contributed by atoms with Crippen molar-refractivity contribution in [1.29, 1.82) is 0 Å². The second-order valence-corrected chi connectivity index (χ2v) is 4.74. The maximum absolute atomic E-state index is 10.8. The van der Waals surface area contributed by atoms with Crippen molar-refractivity contribution in [3.8, 4) is 11.1 Å². The number of hydrogen-bond acceptors (Lipinski definition) is 2. The van der Waals surface area contributed by atoms with Crippen molar-refractivity contribution >= 4 is 5.69 Å². The third-order valence-electron chi connectivity index (χ3n) is 3.48. The normalized spacial score (nSPS) is 12.1. The molecule has 1 atom stereocenters. The number of non-ortho nitro benzene ring substituents is 1. The minimum Gasteiger partial charge on any atom is -0.258 e. The quantitative estimate of drug-likeness (QED) is 0.583. The van der Waals surface area contributed by atoms with E-state index in [-0.39, 0.29) is 10.6 Å². The molecule has 0 bridgehead atoms. The predicted molar refractivity (Wildman–Crippen MR) is 77.2 cm³/mol. The zero-order chi connectivity index (χ0) is 13.8. The predicted octanol–water partition coefficient (Wildman–Crippen LogP) is 4.78. The van der Waals surface area contributed by atoms with Crippen LogP contribution in [0.3, 0.4) is 0 Å². The summed E-state index contributed by atoms with van der Waals surface area (Å²) in [4.78, 5) is 10.4. The second-order valence-electron chi connectivity index (χ2n) is 4.74. The topological polar surface area (TPSA) is 43.1 Å². The van der Waals surface area contributed by atoms with Crippen molar-refractivity contribution in [3.63, 3.8) is 0 Å². The number of rotatable bonds is 4. The molecule has 3 heteroatoms. The van der Waals surface area contributed by atoms with Gasteiger partial charge in [0.05, 0.1) is 4.92 Å². The molecule has 2 rings (SSSR count). The van der Waals surface area contributed by atoms with Gasteiger partial charge in [-0.25, -0.2) is 0 Å². The smallest absolute Gasteiger partial charge is 0.258 e. The number of nitrogens with zero attached hydrogens (tertiary/aromatic N) is 1. The third-order valence-corrected chi connectivity index (χ3v) is 3.48. The molecule has 0 fully saturated rings. The van der Waals surface area contributed by atoms with E-state index in [1.807, 2.05) is 18.2 Å². The highest BCUT2D eigenvalue weighted by Crippen LogP contribution is 2.26. The number of hydrogen-bond donors (Lipinski definition) is 0. The summed E-state index contributed by atoms with van der Waals surface area (Å²) in [6.45, 7) is 4.36. The Morgan fingerprint density at radius 3 is 2.37 bits per heavy atom. The molecule has 0 aliphatic rings. The van der Waals surface area contributed by atoms with E-state index in [9.17, 15) is 10.1 Å². The van der Waals surface area contributed by atoms with Crippen LogP contribution in [-0.4, -0.2) is 4.92 Å². The molecule has 0 amide bonds. The average Bonchev–Trinajstić information content (AvgIpc) is 2.46. The van der Waals surface area contributed by atoms with Crippen LogP contribution in [0.5, 0.6) is 0 Å². The van der Waals surface area contributed by atoms with Crippen LogP contribution in [0.2, 0.25) is 0 Å². The van der Waals surface area contributed by atoms with Crippen LogP contribution >= 0.6 is 0 Å². The Hall–Kier alpha value is -2.16. The molecule has 1 unspecified atom stereocenters. The lowest BCUT2D eigenvalue weighted by Gasteiger charge is -2.09. The molecule has 0 aromatic heterocycles. The van der Waals surface area contributed by atoms with E-state index in [1.165, 1.54) is 11.6 Å². The molecule has 3 nitrogen and oxygen atoms in total. The summed E-state index contributed by atoms with van der Waals surface area (Å²) < 4.78 is 0. The van der Waals surface area contributed by atoms with Gasteiger partial charge >= 0.3 is 0 Å². The molecule has 0 spiro atoms. The zero-order valence-electron chi connectivity index (χ0n) is 11.2. The van der Waals surface area contributed by atoms with Gasteiger partial charge in [-0.05, 0) is 29.0 Å². The first-order chi connectivity index (χ1) is 9.11. The minimum atomic E-state index is -0.364. The van der Waals surface area contributed by atoms with E-state index in [1.54, 1.807) is 12.1 Å². The van der Waals surface area contributed by atoms with Crippen LogP contribution in [0.1, 0.15) is 31.7 Å². The Kier molecular flexibility index (Phi) is 3.95. The maximum atomic E-state index is 10.8. The highest BCUT2D eigenvalue weighted by Gasteiger charge is 2.08. The summed E-state index contributed by atoms with van der Waals surface area (Å²) in [6.07, 6.45) is 1.11. The fraction of sp³-hybridized carbons (Fsp3) is 0.250. The highest BCUT2D eigenvalue weighted by molar-refractivity contribution is 5.66. The van der Waals surface area contributed by atoms with E-state index >= 15 is 0 Å². The van der Waals surface area contributed by atoms with E-state index in [0.29, 0.717) is 5.92 Å². The van der Waals surface area contributed by atoms with Crippen LogP contribution in [0.25, 0.3) is 11.1 Å². The standard InChI is InChI=1S/C16H17NO2/c1-3-12(2)13-7-9-14(10-8-13)15-5-4-6-16(11-15)17(18)19/h4-12H,3H2,1-2H3. The van der Waals surface area contributed by atoms with Crippen LogP contribution < -0.4 is 0 Å². The van der Waals surface area contributed by atoms with Gasteiger partial charge in [-0.15, -0.1) is 0 Å². The number of nitro benzene ring substituents is 1. The van der Waals surface area contributed by atoms with Crippen molar-refractivity contribution in [2.24, 2.45) is 0 Å². The molecule has 0 heterocycles. The fourth-order valence-electron chi connectivity index (χ4n) is 2.04. The van der Waals surface area contributed by atoms with E-state index in [0.717, 1.165) is 17.5 Å². The first kappa shape index (κ1) is 13.3. The number of benzene rings is 2. The first-order valence-electron chi connectivity index (χ1n) is 6.46. The first-order valence-corrected chi connectivity index (χ1v) is 6.46. The highest BCUT2D eigenvalue weighted by atomic mass is 16.6. The molecule has 0 N–H and O–H groups in total. The summed E-state index contributed by atoms with van der Waals surface area (Å²) in [6, 6.07) is 15.0. The zero-order valence-corrected chi connectivity index (χ0v) is 11.2. The van der Waals surface area contributed by atoms with Crippen molar-refractivity contribution in [2.75, 3.05) is 0 Å². The van der Waals surface area contributed by atoms with Crippen LogP contribution in [0.4, 0.5) is 5.69 Å². The Morgan fingerprint density at radius 2 is 1.79 bits per heavy atom. The van der Waals surface area contributed by atoms with Gasteiger partial charge in [0.1, 0.15) is 0 Å². The Balaban J connectivity index is 2.32. The Bertz CT molecular complexity index is 576. The van der Waals surface area contributed by atoms with Crippen molar-refractivity contribution in [2.45, 2.75) is 26.2 Å². The molecule has 0 saturated carbocycles. The van der Waals surface area contributed by atoms with Crippen molar-refractivity contribution in [3.05, 3.63) is 64.2 Å². The molecular weight excluding hydrogens is 238 g/mol. The third kappa shape index (κ3) is 2.99.